The van der Waals surface area contributed by atoms with Crippen LogP contribution in [0.5, 0.6) is 0 Å². The molecule has 1 atom stereocenters. The number of aromatic nitrogens is 3. The monoisotopic (exact) mass is 323 g/mol. The van der Waals surface area contributed by atoms with Gasteiger partial charge in [0, 0.05) is 5.02 Å². The van der Waals surface area contributed by atoms with Gasteiger partial charge in [0.05, 0.1) is 12.1 Å². The van der Waals surface area contributed by atoms with Crippen LogP contribution in [0.15, 0.2) is 36.9 Å². The van der Waals surface area contributed by atoms with Gasteiger partial charge in [0.1, 0.15) is 12.7 Å². The van der Waals surface area contributed by atoms with Gasteiger partial charge >= 0.3 is 0 Å². The third kappa shape index (κ3) is 4.55. The van der Waals surface area contributed by atoms with E-state index < -0.39 is 5.60 Å². The van der Waals surface area contributed by atoms with Crippen molar-refractivity contribution in [3.8, 4) is 0 Å². The highest BCUT2D eigenvalue weighted by Crippen LogP contribution is 2.35. The van der Waals surface area contributed by atoms with Crippen LogP contribution in [0.2, 0.25) is 5.02 Å². The Hall–Kier alpha value is -1.39. The average molecular weight is 324 g/mol. The predicted octanol–water partition coefficient (Wildman–Crippen LogP) is 3.98. The minimum Gasteiger partial charge on any atom is -0.387 e. The van der Waals surface area contributed by atoms with Gasteiger partial charge in [-0.25, -0.2) is 4.98 Å². The van der Waals surface area contributed by atoms with Gasteiger partial charge in [-0.1, -0.05) is 51.9 Å². The molecule has 2 aromatic rings. The molecule has 122 valence electrons. The van der Waals surface area contributed by atoms with Gasteiger partial charge < -0.3 is 5.11 Å². The van der Waals surface area contributed by atoms with Crippen LogP contribution in [0, 0.1) is 5.41 Å². The Morgan fingerprint density at radius 2 is 1.82 bits per heavy atom. The van der Waals surface area contributed by atoms with Gasteiger partial charge in [0.15, 0.2) is 0 Å². The van der Waals surface area contributed by atoms with Gasteiger partial charge in [-0.2, -0.15) is 5.10 Å². The Bertz CT molecular complexity index is 561. The van der Waals surface area contributed by atoms with Crippen molar-refractivity contribution in [3.63, 3.8) is 0 Å². The molecule has 0 amide bonds. The number of rotatable bonds is 5. The van der Waals surface area contributed by atoms with Crippen LogP contribution < -0.4 is 0 Å². The highest BCUT2D eigenvalue weighted by molar-refractivity contribution is 6.30. The van der Waals surface area contributed by atoms with Crippen molar-refractivity contribution in [2.75, 3.05) is 0 Å². The van der Waals surface area contributed by atoms with Crippen LogP contribution >= 0.6 is 11.6 Å². The van der Waals surface area contributed by atoms with Gasteiger partial charge in [0.25, 0.3) is 0 Å². The van der Waals surface area contributed by atoms with E-state index in [9.17, 15) is 5.11 Å². The van der Waals surface area contributed by atoms with Crippen LogP contribution in [-0.2, 0) is 13.0 Å². The molecule has 2 rings (SSSR count). The second-order valence-electron chi connectivity index (χ2n) is 6.50. The van der Waals surface area contributed by atoms with Gasteiger partial charge in [-0.15, -0.1) is 0 Å². The van der Waals surface area contributed by atoms with E-state index in [0.29, 0.717) is 13.0 Å². The third-order valence-electron chi connectivity index (χ3n) is 4.03. The number of hydrogen-bond donors (Lipinski definition) is 1. The van der Waals surface area contributed by atoms with Gasteiger partial charge in [-0.05, 0) is 36.0 Å². The molecule has 1 aromatic carbocycles. The fourth-order valence-electron chi connectivity index (χ4n) is 2.28. The topological polar surface area (TPSA) is 50.9 Å². The van der Waals surface area contributed by atoms with Crippen molar-refractivity contribution in [3.05, 3.63) is 47.5 Å². The first-order chi connectivity index (χ1) is 9.80. The zero-order valence-corrected chi connectivity index (χ0v) is 13.5. The summed E-state index contributed by atoms with van der Waals surface area (Å²) in [5, 5.41) is 16.0. The second kappa shape index (κ2) is 7.25. The lowest BCUT2D eigenvalue weighted by Gasteiger charge is -2.40. The summed E-state index contributed by atoms with van der Waals surface area (Å²) in [5.41, 5.74) is 0.0479. The number of nitrogens with zero attached hydrogens (tertiary/aromatic N) is 3. The van der Waals surface area contributed by atoms with Crippen LogP contribution in [-0.4, -0.2) is 25.5 Å². The third-order valence-corrected chi connectivity index (χ3v) is 4.28. The van der Waals surface area contributed by atoms with Gasteiger partial charge in [-0.3, -0.25) is 4.68 Å². The summed E-state index contributed by atoms with van der Waals surface area (Å²) in [7, 11) is 0. The highest BCUT2D eigenvalue weighted by atomic mass is 35.5. The van der Waals surface area contributed by atoms with E-state index in [0.717, 1.165) is 11.4 Å². The van der Waals surface area contributed by atoms with Crippen LogP contribution in [0.1, 0.15) is 40.2 Å². The van der Waals surface area contributed by atoms with Crippen molar-refractivity contribution in [1.82, 2.24) is 14.8 Å². The van der Waals surface area contributed by atoms with Crippen LogP contribution in [0.25, 0.3) is 0 Å². The van der Waals surface area contributed by atoms with Gasteiger partial charge in [0.2, 0.25) is 0 Å². The van der Waals surface area contributed by atoms with E-state index in [2.05, 4.69) is 10.1 Å². The lowest BCUT2D eigenvalue weighted by Crippen LogP contribution is -2.47. The van der Waals surface area contributed by atoms with E-state index in [1.807, 2.05) is 45.0 Å². The predicted molar refractivity (Wildman–Crippen MR) is 90.9 cm³/mol. The zero-order valence-electron chi connectivity index (χ0n) is 12.8. The van der Waals surface area contributed by atoms with Crippen molar-refractivity contribution < 1.29 is 5.11 Å². The number of aliphatic hydroxyl groups is 1. The average Bonchev–Trinajstić information content (AvgIpc) is 2.89. The lowest BCUT2D eigenvalue weighted by atomic mass is 9.73. The fraction of sp³-hybridized carbons (Fsp3) is 0.529. The highest BCUT2D eigenvalue weighted by Gasteiger charge is 2.40. The Kier molecular flexibility index (Phi) is 6.15. The smallest absolute Gasteiger partial charge is 0.137 e. The van der Waals surface area contributed by atoms with Crippen molar-refractivity contribution in [1.29, 1.82) is 0 Å². The quantitative estimate of drug-likeness (QED) is 0.905. The standard InChI is InChI=1S/C16H22ClN3O.CH4/c1-15(2,3)16(21,10-20-12-18-11-19-20)9-8-13-4-6-14(17)7-5-13;/h4-7,11-12,21H,8-10H2,1-3H3;1H4. The largest absolute Gasteiger partial charge is 0.387 e. The maximum atomic E-state index is 11.1. The number of benzene rings is 1. The molecule has 0 fully saturated rings. The molecule has 0 radical (unpaired) electrons. The van der Waals surface area contributed by atoms with Crippen LogP contribution in [0.4, 0.5) is 0 Å². The normalized spacial score (nSPS) is 14.2. The van der Waals surface area contributed by atoms with E-state index in [-0.39, 0.29) is 12.8 Å². The molecule has 0 aliphatic rings. The van der Waals surface area contributed by atoms with Crippen molar-refractivity contribution in [2.45, 2.75) is 53.2 Å². The summed E-state index contributed by atoms with van der Waals surface area (Å²) in [6.45, 7) is 6.58. The number of hydrogen-bond acceptors (Lipinski definition) is 3. The minimum atomic E-state index is -0.861. The van der Waals surface area contributed by atoms with Crippen molar-refractivity contribution >= 4 is 11.6 Å². The molecule has 0 saturated heterocycles. The SMILES string of the molecule is C.CC(C)(C)C(O)(CCc1ccc(Cl)cc1)Cn1cncn1. The summed E-state index contributed by atoms with van der Waals surface area (Å²) in [5.74, 6) is 0. The molecule has 1 unspecified atom stereocenters. The minimum absolute atomic E-state index is 0. The first-order valence-electron chi connectivity index (χ1n) is 7.09. The molecule has 0 aliphatic carbocycles. The molecule has 5 heteroatoms. The molecule has 22 heavy (non-hydrogen) atoms. The first-order valence-corrected chi connectivity index (χ1v) is 7.47. The molecule has 1 N–H and O–H groups in total. The number of aryl methyl sites for hydroxylation is 1. The summed E-state index contributed by atoms with van der Waals surface area (Å²) in [6.07, 6.45) is 4.57. The molecule has 1 aromatic heterocycles. The molecule has 0 bridgehead atoms. The van der Waals surface area contributed by atoms with E-state index in [4.69, 9.17) is 11.6 Å². The van der Waals surface area contributed by atoms with E-state index >= 15 is 0 Å². The molecular formula is C17H26ClN3O. The molecule has 4 nitrogen and oxygen atoms in total. The molecule has 0 spiro atoms. The van der Waals surface area contributed by atoms with Crippen molar-refractivity contribution in [2.24, 2.45) is 5.41 Å². The first kappa shape index (κ1) is 18.7. The summed E-state index contributed by atoms with van der Waals surface area (Å²) >= 11 is 5.90. The summed E-state index contributed by atoms with van der Waals surface area (Å²) in [6, 6.07) is 7.76. The maximum absolute atomic E-state index is 11.1. The second-order valence-corrected chi connectivity index (χ2v) is 6.94. The summed E-state index contributed by atoms with van der Waals surface area (Å²) in [4.78, 5) is 3.94. The summed E-state index contributed by atoms with van der Waals surface area (Å²) < 4.78 is 1.69. The fourth-order valence-corrected chi connectivity index (χ4v) is 2.40. The Labute approximate surface area is 138 Å². The van der Waals surface area contributed by atoms with E-state index in [1.54, 1.807) is 11.0 Å². The Balaban J connectivity index is 0.00000242. The Morgan fingerprint density at radius 1 is 1.18 bits per heavy atom. The van der Waals surface area contributed by atoms with Crippen LogP contribution in [0.3, 0.4) is 0 Å². The van der Waals surface area contributed by atoms with E-state index in [1.165, 1.54) is 11.9 Å². The zero-order chi connectivity index (χ0) is 15.5. The number of halogens is 1. The molecular weight excluding hydrogens is 298 g/mol. The Morgan fingerprint density at radius 3 is 2.32 bits per heavy atom. The molecule has 0 aliphatic heterocycles. The lowest BCUT2D eigenvalue weighted by molar-refractivity contribution is -0.0796. The maximum Gasteiger partial charge on any atom is 0.137 e. The molecule has 1 heterocycles. The molecule has 0 saturated carbocycles.